The van der Waals surface area contributed by atoms with Gasteiger partial charge in [-0.15, -0.1) is 0 Å². The van der Waals surface area contributed by atoms with Crippen LogP contribution in [-0.4, -0.2) is 44.9 Å². The van der Waals surface area contributed by atoms with E-state index >= 15 is 0 Å². The van der Waals surface area contributed by atoms with Crippen molar-refractivity contribution < 1.29 is 17.9 Å². The van der Waals surface area contributed by atoms with Crippen LogP contribution in [-0.2, 0) is 14.8 Å². The number of hydrogen-bond acceptors (Lipinski definition) is 4. The van der Waals surface area contributed by atoms with Crippen LogP contribution in [0.5, 0.6) is 5.75 Å². The van der Waals surface area contributed by atoms with E-state index in [9.17, 15) is 13.2 Å². The minimum absolute atomic E-state index is 0.0343. The molecule has 1 atom stereocenters. The average Bonchev–Trinajstić information content (AvgIpc) is 2.75. The van der Waals surface area contributed by atoms with Crippen molar-refractivity contribution in [3.8, 4) is 5.75 Å². The van der Waals surface area contributed by atoms with Crippen LogP contribution >= 0.6 is 0 Å². The summed E-state index contributed by atoms with van der Waals surface area (Å²) >= 11 is 0. The lowest BCUT2D eigenvalue weighted by atomic mass is 9.96. The third kappa shape index (κ3) is 5.82. The number of sulfonamides is 1. The summed E-state index contributed by atoms with van der Waals surface area (Å²) in [5.41, 5.74) is 1.43. The summed E-state index contributed by atoms with van der Waals surface area (Å²) in [7, 11) is -3.61. The van der Waals surface area contributed by atoms with Gasteiger partial charge in [-0.25, -0.2) is 8.42 Å². The molecule has 0 aromatic heterocycles. The van der Waals surface area contributed by atoms with Crippen LogP contribution in [0, 0.1) is 5.92 Å². The third-order valence-electron chi connectivity index (χ3n) is 5.66. The lowest BCUT2D eigenvalue weighted by molar-refractivity contribution is -0.126. The number of rotatable bonds is 8. The van der Waals surface area contributed by atoms with Crippen LogP contribution in [0.15, 0.2) is 40.8 Å². The molecule has 0 radical (unpaired) electrons. The second-order valence-corrected chi connectivity index (χ2v) is 9.69. The van der Waals surface area contributed by atoms with Crippen molar-refractivity contribution in [3.63, 3.8) is 0 Å². The van der Waals surface area contributed by atoms with Crippen LogP contribution in [0.3, 0.4) is 0 Å². The van der Waals surface area contributed by atoms with Crippen molar-refractivity contribution in [1.29, 1.82) is 0 Å². The maximum atomic E-state index is 13.0. The molecule has 0 bridgehead atoms. The Hall–Kier alpha value is -1.86. The van der Waals surface area contributed by atoms with Crippen LogP contribution in [0.1, 0.15) is 51.9 Å². The van der Waals surface area contributed by atoms with Crippen LogP contribution in [0.4, 0.5) is 0 Å². The van der Waals surface area contributed by atoms with E-state index in [2.05, 4.69) is 11.4 Å². The summed E-state index contributed by atoms with van der Waals surface area (Å²) in [6, 6.07) is 6.48. The van der Waals surface area contributed by atoms with E-state index < -0.39 is 10.0 Å². The zero-order valence-corrected chi connectivity index (χ0v) is 18.0. The number of carbonyl (C=O) groups excluding carboxylic acids is 1. The molecule has 1 aliphatic carbocycles. The first-order chi connectivity index (χ1) is 14.0. The summed E-state index contributed by atoms with van der Waals surface area (Å²) in [5, 5.41) is 3.02. The number of nitrogens with zero attached hydrogens (tertiary/aromatic N) is 1. The highest BCUT2D eigenvalue weighted by atomic mass is 32.2. The third-order valence-corrected chi connectivity index (χ3v) is 7.54. The number of allylic oxidation sites excluding steroid dienone is 1. The molecule has 29 heavy (non-hydrogen) atoms. The van der Waals surface area contributed by atoms with Crippen LogP contribution in [0.25, 0.3) is 0 Å². The van der Waals surface area contributed by atoms with Gasteiger partial charge < -0.3 is 10.1 Å². The molecule has 1 saturated heterocycles. The highest BCUT2D eigenvalue weighted by molar-refractivity contribution is 7.89. The van der Waals surface area contributed by atoms with E-state index in [4.69, 9.17) is 4.74 Å². The van der Waals surface area contributed by atoms with E-state index in [0.717, 1.165) is 25.7 Å². The number of carbonyl (C=O) groups is 1. The van der Waals surface area contributed by atoms with Gasteiger partial charge in [-0.2, -0.15) is 4.31 Å². The fraction of sp³-hybridized carbons (Fsp3) is 0.591. The average molecular weight is 421 g/mol. The van der Waals surface area contributed by atoms with Gasteiger partial charge in [0.15, 0.2) is 0 Å². The Labute approximate surface area is 174 Å². The number of ether oxygens (including phenoxy) is 1. The maximum absolute atomic E-state index is 13.0. The van der Waals surface area contributed by atoms with Gasteiger partial charge in [0.1, 0.15) is 5.75 Å². The standard InChI is InChI=1S/C22H32N2O4S/c1-2-28-20-10-12-21(13-11-20)29(26,27)24-16-6-9-19(17-24)22(25)23-15-14-18-7-4-3-5-8-18/h7,10-13,19H,2-6,8-9,14-17H2,1H3,(H,23,25)/t19-/m1/s1. The summed E-state index contributed by atoms with van der Waals surface area (Å²) < 4.78 is 32.8. The molecule has 0 unspecified atom stereocenters. The molecule has 1 heterocycles. The monoisotopic (exact) mass is 420 g/mol. The SMILES string of the molecule is CCOc1ccc(S(=O)(=O)N2CCC[C@@H](C(=O)NCCC3=CCCCC3)C2)cc1. The topological polar surface area (TPSA) is 75.7 Å². The Morgan fingerprint density at radius 3 is 2.69 bits per heavy atom. The van der Waals surface area contributed by atoms with E-state index in [0.29, 0.717) is 31.9 Å². The highest BCUT2D eigenvalue weighted by Gasteiger charge is 2.33. The van der Waals surface area contributed by atoms with Gasteiger partial charge in [-0.1, -0.05) is 11.6 Å². The Morgan fingerprint density at radius 1 is 1.21 bits per heavy atom. The minimum atomic E-state index is -3.61. The van der Waals surface area contributed by atoms with Gasteiger partial charge in [-0.3, -0.25) is 4.79 Å². The molecule has 1 aliphatic heterocycles. The van der Waals surface area contributed by atoms with Crippen molar-refractivity contribution in [3.05, 3.63) is 35.9 Å². The normalized spacial score (nSPS) is 20.7. The molecule has 1 aromatic carbocycles. The second-order valence-electron chi connectivity index (χ2n) is 7.76. The molecule has 6 nitrogen and oxygen atoms in total. The molecule has 160 valence electrons. The van der Waals surface area contributed by atoms with Crippen molar-refractivity contribution in [2.24, 2.45) is 5.92 Å². The van der Waals surface area contributed by atoms with Crippen molar-refractivity contribution in [1.82, 2.24) is 9.62 Å². The molecule has 2 aliphatic rings. The van der Waals surface area contributed by atoms with Gasteiger partial charge in [0.05, 0.1) is 17.4 Å². The van der Waals surface area contributed by atoms with Crippen molar-refractivity contribution in [2.75, 3.05) is 26.2 Å². The Kier molecular flexibility index (Phi) is 7.72. The van der Waals surface area contributed by atoms with Crippen LogP contribution in [0.2, 0.25) is 0 Å². The minimum Gasteiger partial charge on any atom is -0.494 e. The maximum Gasteiger partial charge on any atom is 0.243 e. The largest absolute Gasteiger partial charge is 0.494 e. The molecule has 1 fully saturated rings. The van der Waals surface area contributed by atoms with Gasteiger partial charge in [0.2, 0.25) is 15.9 Å². The molecule has 1 aromatic rings. The smallest absolute Gasteiger partial charge is 0.243 e. The van der Waals surface area contributed by atoms with Gasteiger partial charge in [-0.05, 0) is 76.1 Å². The first-order valence-electron chi connectivity index (χ1n) is 10.7. The van der Waals surface area contributed by atoms with Gasteiger partial charge in [0, 0.05) is 19.6 Å². The molecular weight excluding hydrogens is 388 g/mol. The number of hydrogen-bond donors (Lipinski definition) is 1. The molecular formula is C22H32N2O4S. The predicted molar refractivity (Wildman–Crippen MR) is 113 cm³/mol. The van der Waals surface area contributed by atoms with E-state index in [1.165, 1.54) is 22.7 Å². The van der Waals surface area contributed by atoms with E-state index in [-0.39, 0.29) is 23.3 Å². The first kappa shape index (κ1) is 21.8. The molecule has 1 amide bonds. The number of piperidine rings is 1. The summed E-state index contributed by atoms with van der Waals surface area (Å²) in [5.74, 6) is 0.324. The zero-order valence-electron chi connectivity index (χ0n) is 17.2. The van der Waals surface area contributed by atoms with Crippen LogP contribution < -0.4 is 10.1 Å². The Bertz CT molecular complexity index is 818. The Balaban J connectivity index is 1.55. The fourth-order valence-electron chi connectivity index (χ4n) is 4.02. The zero-order chi connectivity index (χ0) is 20.7. The first-order valence-corrected chi connectivity index (χ1v) is 12.1. The number of nitrogens with one attached hydrogen (secondary N) is 1. The highest BCUT2D eigenvalue weighted by Crippen LogP contribution is 2.25. The van der Waals surface area contributed by atoms with E-state index in [1.807, 2.05) is 6.92 Å². The summed E-state index contributed by atoms with van der Waals surface area (Å²) in [4.78, 5) is 12.8. The molecule has 3 rings (SSSR count). The lowest BCUT2D eigenvalue weighted by Gasteiger charge is -2.31. The predicted octanol–water partition coefficient (Wildman–Crippen LogP) is 3.49. The van der Waals surface area contributed by atoms with Crippen molar-refractivity contribution >= 4 is 15.9 Å². The van der Waals surface area contributed by atoms with E-state index in [1.54, 1.807) is 24.3 Å². The lowest BCUT2D eigenvalue weighted by Crippen LogP contribution is -2.45. The molecule has 1 N–H and O–H groups in total. The Morgan fingerprint density at radius 2 is 2.00 bits per heavy atom. The number of amides is 1. The molecule has 7 heteroatoms. The molecule has 0 spiro atoms. The summed E-state index contributed by atoms with van der Waals surface area (Å²) in [6.45, 7) is 3.74. The number of benzene rings is 1. The quantitative estimate of drug-likeness (QED) is 0.653. The van der Waals surface area contributed by atoms with Gasteiger partial charge in [0.25, 0.3) is 0 Å². The molecule has 0 saturated carbocycles. The summed E-state index contributed by atoms with van der Waals surface area (Å²) in [6.07, 6.45) is 9.38. The second kappa shape index (κ2) is 10.3. The van der Waals surface area contributed by atoms with Gasteiger partial charge >= 0.3 is 0 Å². The van der Waals surface area contributed by atoms with Crippen molar-refractivity contribution in [2.45, 2.75) is 56.8 Å². The fourth-order valence-corrected chi connectivity index (χ4v) is 5.54.